The summed E-state index contributed by atoms with van der Waals surface area (Å²) in [5, 5.41) is 4.65. The average Bonchev–Trinajstić information content (AvgIpc) is 2.69. The zero-order valence-electron chi connectivity index (χ0n) is 10.2. The fourth-order valence-corrected chi connectivity index (χ4v) is 3.80. The fraction of sp³-hybridized carbons (Fsp3) is 0.429. The molecule has 0 bridgehead atoms. The highest BCUT2D eigenvalue weighted by molar-refractivity contribution is 7.19. The first kappa shape index (κ1) is 11.2. The number of benzene rings is 1. The van der Waals surface area contributed by atoms with Crippen molar-refractivity contribution >= 4 is 21.4 Å². The molecule has 0 radical (unpaired) electrons. The molecule has 0 saturated carbocycles. The summed E-state index contributed by atoms with van der Waals surface area (Å²) < 4.78 is 7.25. The third-order valence-electron chi connectivity index (χ3n) is 3.33. The van der Waals surface area contributed by atoms with E-state index < -0.39 is 0 Å². The zero-order chi connectivity index (χ0) is 11.8. The predicted octanol–water partition coefficient (Wildman–Crippen LogP) is 3.04. The summed E-state index contributed by atoms with van der Waals surface area (Å²) in [5.41, 5.74) is 2.86. The van der Waals surface area contributed by atoms with Crippen LogP contribution in [0.2, 0.25) is 0 Å². The maximum atomic E-state index is 5.85. The van der Waals surface area contributed by atoms with E-state index in [-0.39, 0.29) is 6.10 Å². The first-order chi connectivity index (χ1) is 8.29. The predicted molar refractivity (Wildman–Crippen MR) is 72.9 cm³/mol. The van der Waals surface area contributed by atoms with Crippen LogP contribution in [0.25, 0.3) is 10.1 Å². The van der Waals surface area contributed by atoms with Crippen molar-refractivity contribution in [1.29, 1.82) is 0 Å². The molecule has 0 amide bonds. The van der Waals surface area contributed by atoms with Crippen molar-refractivity contribution in [1.82, 2.24) is 5.32 Å². The number of rotatable bonds is 2. The number of hydrogen-bond acceptors (Lipinski definition) is 3. The van der Waals surface area contributed by atoms with Crippen molar-refractivity contribution in [3.63, 3.8) is 0 Å². The zero-order valence-corrected chi connectivity index (χ0v) is 11.1. The van der Waals surface area contributed by atoms with Crippen LogP contribution in [0.5, 0.6) is 0 Å². The molecule has 0 saturated heterocycles. The fourth-order valence-electron chi connectivity index (χ4n) is 2.52. The molecule has 1 aromatic heterocycles. The molecule has 17 heavy (non-hydrogen) atoms. The van der Waals surface area contributed by atoms with Crippen LogP contribution in [-0.4, -0.2) is 20.2 Å². The van der Waals surface area contributed by atoms with E-state index in [4.69, 9.17) is 4.74 Å². The summed E-state index contributed by atoms with van der Waals surface area (Å²) in [5.74, 6) is 0. The second-order valence-corrected chi connectivity index (χ2v) is 5.70. The van der Waals surface area contributed by atoms with E-state index in [0.717, 1.165) is 19.6 Å². The number of fused-ring (bicyclic) bond motifs is 3. The van der Waals surface area contributed by atoms with E-state index in [1.807, 2.05) is 18.4 Å². The van der Waals surface area contributed by atoms with E-state index in [9.17, 15) is 0 Å². The molecular formula is C14H17NOS. The van der Waals surface area contributed by atoms with Gasteiger partial charge in [-0.25, -0.2) is 0 Å². The van der Waals surface area contributed by atoms with Crippen molar-refractivity contribution in [2.75, 3.05) is 20.2 Å². The Morgan fingerprint density at radius 1 is 1.47 bits per heavy atom. The van der Waals surface area contributed by atoms with Gasteiger partial charge < -0.3 is 10.1 Å². The summed E-state index contributed by atoms with van der Waals surface area (Å²) >= 11 is 1.89. The Hall–Kier alpha value is -0.900. The molecule has 3 rings (SSSR count). The molecule has 0 spiro atoms. The molecule has 2 heterocycles. The summed E-state index contributed by atoms with van der Waals surface area (Å²) in [6.45, 7) is 3.91. The number of hydrogen-bond donors (Lipinski definition) is 1. The van der Waals surface area contributed by atoms with E-state index in [1.165, 1.54) is 26.1 Å². The lowest BCUT2D eigenvalue weighted by atomic mass is 10.0. The topological polar surface area (TPSA) is 21.3 Å². The van der Waals surface area contributed by atoms with Crippen molar-refractivity contribution in [2.45, 2.75) is 19.4 Å². The van der Waals surface area contributed by atoms with Crippen molar-refractivity contribution in [3.8, 4) is 0 Å². The SMILES string of the molecule is CNCC1OCCc2c1sc1ccc(C)cc21. The van der Waals surface area contributed by atoms with Gasteiger partial charge in [-0.3, -0.25) is 0 Å². The van der Waals surface area contributed by atoms with Crippen molar-refractivity contribution < 1.29 is 4.74 Å². The van der Waals surface area contributed by atoms with E-state index in [2.05, 4.69) is 30.4 Å². The van der Waals surface area contributed by atoms with Gasteiger partial charge in [0.1, 0.15) is 6.10 Å². The van der Waals surface area contributed by atoms with Crippen LogP contribution in [-0.2, 0) is 11.2 Å². The van der Waals surface area contributed by atoms with Crippen LogP contribution in [0.4, 0.5) is 0 Å². The highest BCUT2D eigenvalue weighted by atomic mass is 32.1. The number of thiophene rings is 1. The molecular weight excluding hydrogens is 230 g/mol. The lowest BCUT2D eigenvalue weighted by Gasteiger charge is -2.23. The molecule has 2 nitrogen and oxygen atoms in total. The Kier molecular flexibility index (Phi) is 2.90. The summed E-state index contributed by atoms with van der Waals surface area (Å²) in [4.78, 5) is 1.42. The highest BCUT2D eigenvalue weighted by Gasteiger charge is 2.24. The molecule has 1 aliphatic heterocycles. The van der Waals surface area contributed by atoms with Gasteiger partial charge in [0.05, 0.1) is 6.61 Å². The minimum absolute atomic E-state index is 0.237. The summed E-state index contributed by atoms with van der Waals surface area (Å²) in [6, 6.07) is 6.74. The lowest BCUT2D eigenvalue weighted by Crippen LogP contribution is -2.23. The lowest BCUT2D eigenvalue weighted by molar-refractivity contribution is 0.0472. The van der Waals surface area contributed by atoms with Gasteiger partial charge in [0, 0.05) is 16.1 Å². The second-order valence-electron chi connectivity index (χ2n) is 4.61. The van der Waals surface area contributed by atoms with Crippen LogP contribution in [0, 0.1) is 6.92 Å². The number of ether oxygens (including phenoxy) is 1. The molecule has 1 atom stereocenters. The van der Waals surface area contributed by atoms with Gasteiger partial charge in [-0.2, -0.15) is 0 Å². The van der Waals surface area contributed by atoms with E-state index >= 15 is 0 Å². The average molecular weight is 247 g/mol. The Morgan fingerprint density at radius 3 is 3.18 bits per heavy atom. The van der Waals surface area contributed by atoms with Gasteiger partial charge in [0.2, 0.25) is 0 Å². The first-order valence-corrected chi connectivity index (χ1v) is 6.89. The molecule has 3 heteroatoms. The molecule has 1 unspecified atom stereocenters. The number of nitrogens with one attached hydrogen (secondary N) is 1. The van der Waals surface area contributed by atoms with Gasteiger partial charge in [0.25, 0.3) is 0 Å². The molecule has 90 valence electrons. The second kappa shape index (κ2) is 4.41. The van der Waals surface area contributed by atoms with Gasteiger partial charge in [-0.1, -0.05) is 17.7 Å². The molecule has 2 aromatic rings. The first-order valence-electron chi connectivity index (χ1n) is 6.07. The van der Waals surface area contributed by atoms with Crippen LogP contribution >= 0.6 is 11.3 Å². The van der Waals surface area contributed by atoms with Crippen LogP contribution < -0.4 is 5.32 Å². The highest BCUT2D eigenvalue weighted by Crippen LogP contribution is 2.39. The Labute approximate surface area is 106 Å². The number of likely N-dealkylation sites (N-methyl/N-ethyl adjacent to an activating group) is 1. The minimum Gasteiger partial charge on any atom is -0.371 e. The number of aryl methyl sites for hydroxylation is 1. The van der Waals surface area contributed by atoms with E-state index in [0.29, 0.717) is 0 Å². The van der Waals surface area contributed by atoms with Crippen LogP contribution in [0.1, 0.15) is 22.1 Å². The van der Waals surface area contributed by atoms with Gasteiger partial charge in [0.15, 0.2) is 0 Å². The molecule has 1 aromatic carbocycles. The summed E-state index contributed by atoms with van der Waals surface area (Å²) in [6.07, 6.45) is 1.29. The van der Waals surface area contributed by atoms with Gasteiger partial charge in [-0.05, 0) is 37.4 Å². The van der Waals surface area contributed by atoms with Crippen LogP contribution in [0.3, 0.4) is 0 Å². The monoisotopic (exact) mass is 247 g/mol. The Balaban J connectivity index is 2.15. The van der Waals surface area contributed by atoms with Gasteiger partial charge in [-0.15, -0.1) is 11.3 Å². The molecule has 0 aliphatic carbocycles. The smallest absolute Gasteiger partial charge is 0.104 e. The van der Waals surface area contributed by atoms with E-state index in [1.54, 1.807) is 0 Å². The molecule has 1 N–H and O–H groups in total. The minimum atomic E-state index is 0.237. The van der Waals surface area contributed by atoms with Gasteiger partial charge >= 0.3 is 0 Å². The maximum Gasteiger partial charge on any atom is 0.104 e. The summed E-state index contributed by atoms with van der Waals surface area (Å²) in [7, 11) is 1.98. The quantitative estimate of drug-likeness (QED) is 0.880. The molecule has 0 fully saturated rings. The molecule has 1 aliphatic rings. The van der Waals surface area contributed by atoms with Crippen LogP contribution in [0.15, 0.2) is 18.2 Å². The van der Waals surface area contributed by atoms with Crippen molar-refractivity contribution in [3.05, 3.63) is 34.2 Å². The Morgan fingerprint density at radius 2 is 2.35 bits per heavy atom. The van der Waals surface area contributed by atoms with Crippen molar-refractivity contribution in [2.24, 2.45) is 0 Å². The maximum absolute atomic E-state index is 5.85. The third kappa shape index (κ3) is 1.88. The Bertz CT molecular complexity index is 546. The largest absolute Gasteiger partial charge is 0.371 e. The standard InChI is InChI=1S/C14H17NOS/c1-9-3-4-13-11(7-9)10-5-6-16-12(8-15-2)14(10)17-13/h3-4,7,12,15H,5-6,8H2,1-2H3. The normalized spacial score (nSPS) is 19.5. The third-order valence-corrected chi connectivity index (χ3v) is 4.64.